The van der Waals surface area contributed by atoms with Gasteiger partial charge < -0.3 is 13.6 Å². The lowest BCUT2D eigenvalue weighted by Crippen LogP contribution is -2.38. The number of carbonyl (C=O) groups is 1. The molecule has 0 unspecified atom stereocenters. The predicted molar refractivity (Wildman–Crippen MR) is 32.4 cm³/mol. The molecule has 0 aliphatic heterocycles. The van der Waals surface area contributed by atoms with Crippen LogP contribution in [0.3, 0.4) is 0 Å². The maximum absolute atomic E-state index is 10.1. The Morgan fingerprint density at radius 2 is 1.75 bits per heavy atom. The van der Waals surface area contributed by atoms with Crippen molar-refractivity contribution >= 4 is 14.5 Å². The lowest BCUT2D eigenvalue weighted by Gasteiger charge is -2.13. The molecule has 8 heavy (non-hydrogen) atoms. The molecule has 4 heteroatoms. The first-order valence-corrected chi connectivity index (χ1v) is 4.64. The van der Waals surface area contributed by atoms with Crippen LogP contribution in [0.5, 0.6) is 0 Å². The van der Waals surface area contributed by atoms with Gasteiger partial charge in [0.1, 0.15) is 0 Å². The molecule has 0 saturated heterocycles. The normalized spacial score (nSPS) is 11.4. The topological polar surface area (TPSA) is 35.5 Å². The molecule has 0 aromatic rings. The number of hydrogen-bond donors (Lipinski definition) is 0. The van der Waals surface area contributed by atoms with E-state index in [0.717, 1.165) is 5.91 Å². The smallest absolute Gasteiger partial charge is 0.393 e. The third-order valence-corrected chi connectivity index (χ3v) is 3.07. The minimum atomic E-state index is -2.35. The van der Waals surface area contributed by atoms with Gasteiger partial charge in [-0.15, -0.1) is 0 Å². The summed E-state index contributed by atoms with van der Waals surface area (Å²) in [7, 11) is 0.601. The minimum Gasteiger partial charge on any atom is -0.393 e. The van der Waals surface area contributed by atoms with E-state index in [0.29, 0.717) is 0 Å². The third kappa shape index (κ3) is 1.73. The van der Waals surface area contributed by atoms with E-state index in [1.165, 1.54) is 14.2 Å². The Bertz CT molecular complexity index is 79.4. The van der Waals surface area contributed by atoms with Gasteiger partial charge in [0.2, 0.25) is 0 Å². The van der Waals surface area contributed by atoms with Crippen LogP contribution in [-0.2, 0) is 13.6 Å². The van der Waals surface area contributed by atoms with Crippen LogP contribution in [0.1, 0.15) is 0 Å². The van der Waals surface area contributed by atoms with Crippen molar-refractivity contribution < 1.29 is 13.6 Å². The van der Waals surface area contributed by atoms with Gasteiger partial charge in [-0.25, -0.2) is 0 Å². The molecule has 0 heterocycles. The quantitative estimate of drug-likeness (QED) is 0.406. The summed E-state index contributed by atoms with van der Waals surface area (Å²) < 4.78 is 9.57. The van der Waals surface area contributed by atoms with Crippen LogP contribution in [0.4, 0.5) is 0 Å². The first-order chi connectivity index (χ1) is 3.68. The monoisotopic (exact) mass is 134 g/mol. The van der Waals surface area contributed by atoms with Crippen molar-refractivity contribution in [2.45, 2.75) is 6.55 Å². The Labute approximate surface area is 49.9 Å². The molecule has 0 N–H and O–H groups in total. The van der Waals surface area contributed by atoms with Crippen molar-refractivity contribution in [3.63, 3.8) is 0 Å². The molecule has 0 aromatic heterocycles. The molecule has 0 radical (unpaired) electrons. The van der Waals surface area contributed by atoms with E-state index < -0.39 is 8.56 Å². The Hall–Kier alpha value is -0.193. The molecular formula is C4H10O3Si. The molecule has 0 saturated carbocycles. The summed E-state index contributed by atoms with van der Waals surface area (Å²) in [6.45, 7) is 1.68. The summed E-state index contributed by atoms with van der Waals surface area (Å²) in [4.78, 5) is 10.1. The Kier molecular flexibility index (Phi) is 2.89. The van der Waals surface area contributed by atoms with Crippen LogP contribution < -0.4 is 0 Å². The van der Waals surface area contributed by atoms with E-state index in [1.807, 2.05) is 0 Å². The van der Waals surface area contributed by atoms with E-state index >= 15 is 0 Å². The second-order valence-corrected chi connectivity index (χ2v) is 4.63. The Morgan fingerprint density at radius 1 is 1.38 bits per heavy atom. The molecule has 48 valence electrons. The lowest BCUT2D eigenvalue weighted by molar-refractivity contribution is 0.266. The first-order valence-electron chi connectivity index (χ1n) is 2.25. The van der Waals surface area contributed by atoms with E-state index in [1.54, 1.807) is 6.55 Å². The van der Waals surface area contributed by atoms with Gasteiger partial charge in [-0.05, 0) is 6.55 Å². The van der Waals surface area contributed by atoms with Crippen LogP contribution in [-0.4, -0.2) is 28.7 Å². The van der Waals surface area contributed by atoms with E-state index in [4.69, 9.17) is 8.85 Å². The summed E-state index contributed by atoms with van der Waals surface area (Å²) in [6, 6.07) is 0. The summed E-state index contributed by atoms with van der Waals surface area (Å²) in [5.74, 6) is 0.743. The minimum absolute atomic E-state index is 0.743. The van der Waals surface area contributed by atoms with Gasteiger partial charge in [0.15, 0.2) is 5.91 Å². The molecule has 0 bridgehead atoms. The fourth-order valence-corrected chi connectivity index (χ4v) is 0.539. The van der Waals surface area contributed by atoms with Gasteiger partial charge in [0.05, 0.1) is 0 Å². The number of carbonyl (C=O) groups excluding carboxylic acids is 1. The predicted octanol–water partition coefficient (Wildman–Crippen LogP) is 0.123. The molecular weight excluding hydrogens is 124 g/mol. The molecule has 0 aliphatic carbocycles. The van der Waals surface area contributed by atoms with Crippen molar-refractivity contribution in [2.75, 3.05) is 14.2 Å². The van der Waals surface area contributed by atoms with E-state index in [9.17, 15) is 4.79 Å². The van der Waals surface area contributed by atoms with Crippen molar-refractivity contribution in [3.8, 4) is 0 Å². The summed E-state index contributed by atoms with van der Waals surface area (Å²) >= 11 is 0. The molecule has 3 nitrogen and oxygen atoms in total. The third-order valence-electron chi connectivity index (χ3n) is 1.02. The lowest BCUT2D eigenvalue weighted by atomic mass is 11.8. The zero-order chi connectivity index (χ0) is 6.62. The second-order valence-electron chi connectivity index (χ2n) is 1.54. The van der Waals surface area contributed by atoms with Crippen LogP contribution in [0.2, 0.25) is 6.55 Å². The Balaban J connectivity index is 3.76. The van der Waals surface area contributed by atoms with Gasteiger partial charge in [-0.2, -0.15) is 0 Å². The number of rotatable bonds is 3. The molecule has 0 aliphatic rings. The molecule has 0 rings (SSSR count). The van der Waals surface area contributed by atoms with Gasteiger partial charge in [0.25, 0.3) is 0 Å². The standard InChI is InChI=1S/C4H10O3Si/c1-6-8(3,4-5)7-2/h4H,1-3H3. The van der Waals surface area contributed by atoms with Crippen LogP contribution >= 0.6 is 0 Å². The fourth-order valence-electron chi connectivity index (χ4n) is 0.180. The summed E-state index contributed by atoms with van der Waals surface area (Å²) in [5, 5.41) is 0. The molecule has 0 fully saturated rings. The van der Waals surface area contributed by atoms with Gasteiger partial charge in [-0.3, -0.25) is 0 Å². The summed E-state index contributed by atoms with van der Waals surface area (Å²) in [6.07, 6.45) is 0. The average Bonchev–Trinajstić information content (AvgIpc) is 1.87. The van der Waals surface area contributed by atoms with E-state index in [-0.39, 0.29) is 0 Å². The van der Waals surface area contributed by atoms with Crippen LogP contribution in [0, 0.1) is 0 Å². The van der Waals surface area contributed by atoms with Crippen LogP contribution in [0.15, 0.2) is 0 Å². The SMILES string of the molecule is CO[Si](C)(C=O)OC. The zero-order valence-electron chi connectivity index (χ0n) is 5.30. The van der Waals surface area contributed by atoms with Crippen molar-refractivity contribution in [3.05, 3.63) is 0 Å². The molecule has 0 amide bonds. The van der Waals surface area contributed by atoms with Crippen molar-refractivity contribution in [1.82, 2.24) is 0 Å². The molecule has 0 atom stereocenters. The first kappa shape index (κ1) is 7.81. The van der Waals surface area contributed by atoms with Crippen molar-refractivity contribution in [1.29, 1.82) is 0 Å². The highest BCUT2D eigenvalue weighted by atomic mass is 28.4. The van der Waals surface area contributed by atoms with Crippen LogP contribution in [0.25, 0.3) is 0 Å². The maximum atomic E-state index is 10.1. The highest BCUT2D eigenvalue weighted by molar-refractivity contribution is 6.90. The zero-order valence-corrected chi connectivity index (χ0v) is 6.30. The van der Waals surface area contributed by atoms with Gasteiger partial charge in [0, 0.05) is 14.2 Å². The van der Waals surface area contributed by atoms with Gasteiger partial charge in [-0.1, -0.05) is 0 Å². The molecule has 0 spiro atoms. The highest BCUT2D eigenvalue weighted by Gasteiger charge is 2.27. The maximum Gasteiger partial charge on any atom is 0.402 e. The molecule has 0 aromatic carbocycles. The fraction of sp³-hybridized carbons (Fsp3) is 0.750. The largest absolute Gasteiger partial charge is 0.402 e. The van der Waals surface area contributed by atoms with Gasteiger partial charge >= 0.3 is 8.56 Å². The van der Waals surface area contributed by atoms with Crippen molar-refractivity contribution in [2.24, 2.45) is 0 Å². The summed E-state index contributed by atoms with van der Waals surface area (Å²) in [5.41, 5.74) is 0. The second kappa shape index (κ2) is 2.96. The highest BCUT2D eigenvalue weighted by Crippen LogP contribution is 1.97. The average molecular weight is 134 g/mol. The Morgan fingerprint density at radius 3 is 1.75 bits per heavy atom. The van der Waals surface area contributed by atoms with E-state index in [2.05, 4.69) is 0 Å². The number of hydrogen-bond acceptors (Lipinski definition) is 3.